The lowest BCUT2D eigenvalue weighted by Crippen LogP contribution is -2.43. The van der Waals surface area contributed by atoms with E-state index in [1.165, 1.54) is 17.7 Å². The van der Waals surface area contributed by atoms with Gasteiger partial charge in [-0.1, -0.05) is 42.8 Å². The molecule has 0 bridgehead atoms. The summed E-state index contributed by atoms with van der Waals surface area (Å²) < 4.78 is 0. The van der Waals surface area contributed by atoms with E-state index in [0.29, 0.717) is 12.1 Å². The lowest BCUT2D eigenvalue weighted by molar-refractivity contribution is -0.117. The van der Waals surface area contributed by atoms with Gasteiger partial charge in [-0.25, -0.2) is 0 Å². The van der Waals surface area contributed by atoms with Crippen molar-refractivity contribution < 1.29 is 9.59 Å². The second-order valence-electron chi connectivity index (χ2n) is 7.15. The first-order valence-electron chi connectivity index (χ1n) is 9.21. The Morgan fingerprint density at radius 3 is 2.50 bits per heavy atom. The van der Waals surface area contributed by atoms with Crippen molar-refractivity contribution in [2.75, 3.05) is 19.6 Å². The molecule has 2 heterocycles. The summed E-state index contributed by atoms with van der Waals surface area (Å²) in [4.78, 5) is 28.4. The Labute approximate surface area is 159 Å². The third-order valence-corrected chi connectivity index (χ3v) is 6.08. The number of rotatable bonds is 6. The van der Waals surface area contributed by atoms with E-state index in [0.717, 1.165) is 24.6 Å². The van der Waals surface area contributed by atoms with E-state index in [1.807, 2.05) is 25.1 Å². The second kappa shape index (κ2) is 8.60. The highest BCUT2D eigenvalue weighted by Crippen LogP contribution is 2.29. The number of piperidine rings is 1. The highest BCUT2D eigenvalue weighted by Gasteiger charge is 2.26. The Balaban J connectivity index is 1.64. The summed E-state index contributed by atoms with van der Waals surface area (Å²) in [5.41, 5.74) is 1.51. The van der Waals surface area contributed by atoms with E-state index in [4.69, 9.17) is 0 Å². The number of hydrogen-bond donors (Lipinski definition) is 1. The molecule has 2 aromatic rings. The van der Waals surface area contributed by atoms with E-state index < -0.39 is 11.7 Å². The first kappa shape index (κ1) is 18.8. The zero-order valence-electron chi connectivity index (χ0n) is 15.4. The highest BCUT2D eigenvalue weighted by atomic mass is 32.1. The van der Waals surface area contributed by atoms with Crippen LogP contribution in [0.5, 0.6) is 0 Å². The number of carbonyl (C=O) groups is 2. The molecule has 0 aliphatic carbocycles. The molecule has 26 heavy (non-hydrogen) atoms. The molecule has 0 spiro atoms. The lowest BCUT2D eigenvalue weighted by atomic mass is 9.97. The van der Waals surface area contributed by atoms with Crippen molar-refractivity contribution in [1.29, 1.82) is 0 Å². The van der Waals surface area contributed by atoms with Gasteiger partial charge in [0, 0.05) is 17.0 Å². The summed E-state index contributed by atoms with van der Waals surface area (Å²) in [6.45, 7) is 6.78. The van der Waals surface area contributed by atoms with Crippen LogP contribution in [-0.4, -0.2) is 36.2 Å². The first-order valence-corrected chi connectivity index (χ1v) is 10.1. The van der Waals surface area contributed by atoms with Gasteiger partial charge < -0.3 is 5.32 Å². The average Bonchev–Trinajstić information content (AvgIpc) is 3.17. The maximum absolute atomic E-state index is 12.4. The Hall–Kier alpha value is -1.98. The standard InChI is InChI=1S/C21H26N2O2S/c1-15-5-7-17(8-6-15)20(24)21(25)22-14-18(19-4-3-13-26-19)23-11-9-16(2)10-12-23/h3-8,13,16,18H,9-12,14H2,1-2H3,(H,22,25). The Bertz CT molecular complexity index is 732. The van der Waals surface area contributed by atoms with Gasteiger partial charge in [-0.2, -0.15) is 0 Å². The minimum atomic E-state index is -0.527. The summed E-state index contributed by atoms with van der Waals surface area (Å²) >= 11 is 1.71. The van der Waals surface area contributed by atoms with Crippen molar-refractivity contribution >= 4 is 23.0 Å². The molecule has 1 aliphatic rings. The molecule has 1 atom stereocenters. The maximum Gasteiger partial charge on any atom is 0.292 e. The molecule has 1 aromatic heterocycles. The quantitative estimate of drug-likeness (QED) is 0.621. The number of Topliss-reactive ketones (excluding diaryl/α,β-unsaturated/α-hetero) is 1. The van der Waals surface area contributed by atoms with Gasteiger partial charge in [-0.3, -0.25) is 14.5 Å². The Morgan fingerprint density at radius 2 is 1.88 bits per heavy atom. The number of ketones is 1. The molecular formula is C21H26N2O2S. The second-order valence-corrected chi connectivity index (χ2v) is 8.13. The van der Waals surface area contributed by atoms with Gasteiger partial charge in [0.1, 0.15) is 0 Å². The molecule has 1 unspecified atom stereocenters. The summed E-state index contributed by atoms with van der Waals surface area (Å²) in [5.74, 6) is -0.240. The van der Waals surface area contributed by atoms with Crippen molar-refractivity contribution in [3.05, 3.63) is 57.8 Å². The summed E-state index contributed by atoms with van der Waals surface area (Å²) in [6.07, 6.45) is 2.36. The number of nitrogens with one attached hydrogen (secondary N) is 1. The minimum Gasteiger partial charge on any atom is -0.347 e. The maximum atomic E-state index is 12.4. The molecule has 1 aromatic carbocycles. The van der Waals surface area contributed by atoms with Crippen LogP contribution in [0.15, 0.2) is 41.8 Å². The van der Waals surface area contributed by atoms with Crippen LogP contribution in [0.1, 0.15) is 46.6 Å². The minimum absolute atomic E-state index is 0.136. The van der Waals surface area contributed by atoms with Crippen LogP contribution in [0.2, 0.25) is 0 Å². The van der Waals surface area contributed by atoms with Crippen molar-refractivity contribution in [3.63, 3.8) is 0 Å². The number of hydrogen-bond acceptors (Lipinski definition) is 4. The zero-order chi connectivity index (χ0) is 18.5. The van der Waals surface area contributed by atoms with E-state index in [-0.39, 0.29) is 6.04 Å². The Kier molecular flexibility index (Phi) is 6.22. The Morgan fingerprint density at radius 1 is 1.19 bits per heavy atom. The lowest BCUT2D eigenvalue weighted by Gasteiger charge is -2.36. The fourth-order valence-electron chi connectivity index (χ4n) is 3.34. The smallest absolute Gasteiger partial charge is 0.292 e. The number of carbonyl (C=O) groups excluding carboxylic acids is 2. The van der Waals surface area contributed by atoms with Gasteiger partial charge in [0.25, 0.3) is 5.91 Å². The molecule has 4 nitrogen and oxygen atoms in total. The van der Waals surface area contributed by atoms with Gasteiger partial charge in [-0.15, -0.1) is 11.3 Å². The molecule has 0 saturated carbocycles. The van der Waals surface area contributed by atoms with E-state index in [1.54, 1.807) is 23.5 Å². The van der Waals surface area contributed by atoms with Gasteiger partial charge >= 0.3 is 0 Å². The van der Waals surface area contributed by atoms with E-state index in [9.17, 15) is 9.59 Å². The summed E-state index contributed by atoms with van der Waals surface area (Å²) in [5, 5.41) is 4.93. The van der Waals surface area contributed by atoms with E-state index in [2.05, 4.69) is 28.6 Å². The van der Waals surface area contributed by atoms with E-state index >= 15 is 0 Å². The summed E-state index contributed by atoms with van der Waals surface area (Å²) in [7, 11) is 0. The molecule has 1 amide bonds. The number of thiophene rings is 1. The third-order valence-electron chi connectivity index (χ3n) is 5.11. The first-order chi connectivity index (χ1) is 12.5. The largest absolute Gasteiger partial charge is 0.347 e. The predicted octanol–water partition coefficient (Wildman–Crippen LogP) is 3.83. The number of likely N-dealkylation sites (tertiary alicyclic amines) is 1. The van der Waals surface area contributed by atoms with Crippen LogP contribution < -0.4 is 5.32 Å². The van der Waals surface area contributed by atoms with Crippen LogP contribution in [0.3, 0.4) is 0 Å². The highest BCUT2D eigenvalue weighted by molar-refractivity contribution is 7.10. The van der Waals surface area contributed by atoms with Crippen LogP contribution >= 0.6 is 11.3 Å². The normalized spacial score (nSPS) is 17.0. The monoisotopic (exact) mass is 370 g/mol. The van der Waals surface area contributed by atoms with Gasteiger partial charge in [0.05, 0.1) is 6.04 Å². The molecule has 1 saturated heterocycles. The van der Waals surface area contributed by atoms with Crippen molar-refractivity contribution in [3.8, 4) is 0 Å². The summed E-state index contributed by atoms with van der Waals surface area (Å²) in [6, 6.07) is 11.4. The van der Waals surface area contributed by atoms with Crippen molar-refractivity contribution in [2.45, 2.75) is 32.7 Å². The zero-order valence-corrected chi connectivity index (χ0v) is 16.2. The number of amides is 1. The molecule has 3 rings (SSSR count). The van der Waals surface area contributed by atoms with Crippen LogP contribution in [0, 0.1) is 12.8 Å². The SMILES string of the molecule is Cc1ccc(C(=O)C(=O)NCC(c2cccs2)N2CCC(C)CC2)cc1. The van der Waals surface area contributed by atoms with Crippen LogP contribution in [0.4, 0.5) is 0 Å². The average molecular weight is 371 g/mol. The molecular weight excluding hydrogens is 344 g/mol. The molecule has 5 heteroatoms. The number of nitrogens with zero attached hydrogens (tertiary/aromatic N) is 1. The predicted molar refractivity (Wildman–Crippen MR) is 106 cm³/mol. The fraction of sp³-hybridized carbons (Fsp3) is 0.429. The fourth-order valence-corrected chi connectivity index (χ4v) is 4.20. The topological polar surface area (TPSA) is 49.4 Å². The van der Waals surface area contributed by atoms with Crippen LogP contribution in [-0.2, 0) is 4.79 Å². The third kappa shape index (κ3) is 4.59. The van der Waals surface area contributed by atoms with Crippen molar-refractivity contribution in [1.82, 2.24) is 10.2 Å². The molecule has 1 fully saturated rings. The van der Waals surface area contributed by atoms with Crippen LogP contribution in [0.25, 0.3) is 0 Å². The molecule has 1 N–H and O–H groups in total. The molecule has 0 radical (unpaired) electrons. The van der Waals surface area contributed by atoms with Gasteiger partial charge in [0.15, 0.2) is 0 Å². The molecule has 1 aliphatic heterocycles. The number of aryl methyl sites for hydroxylation is 1. The molecule has 138 valence electrons. The van der Waals surface area contributed by atoms with Crippen molar-refractivity contribution in [2.24, 2.45) is 5.92 Å². The number of benzene rings is 1. The van der Waals surface area contributed by atoms with Gasteiger partial charge in [-0.05, 0) is 50.2 Å². The van der Waals surface area contributed by atoms with Gasteiger partial charge in [0.2, 0.25) is 5.78 Å².